The van der Waals surface area contributed by atoms with Gasteiger partial charge in [0.25, 0.3) is 0 Å². The van der Waals surface area contributed by atoms with Crippen LogP contribution in [0.2, 0.25) is 0 Å². The molecule has 0 aromatic heterocycles. The van der Waals surface area contributed by atoms with E-state index >= 15 is 0 Å². The van der Waals surface area contributed by atoms with E-state index in [-0.39, 0.29) is 29.1 Å². The first-order valence-electron chi connectivity index (χ1n) is 6.79. The van der Waals surface area contributed by atoms with E-state index in [9.17, 15) is 14.9 Å². The second-order valence-electron chi connectivity index (χ2n) is 5.35. The minimum Gasteiger partial charge on any atom is -0.299 e. The Kier molecular flexibility index (Phi) is 4.30. The van der Waals surface area contributed by atoms with Crippen molar-refractivity contribution in [2.75, 3.05) is 6.54 Å². The van der Waals surface area contributed by atoms with Crippen LogP contribution < -0.4 is 0 Å². The van der Waals surface area contributed by atoms with Crippen LogP contribution in [0.5, 0.6) is 0 Å². The molecule has 0 heterocycles. The van der Waals surface area contributed by atoms with Gasteiger partial charge in [0, 0.05) is 17.3 Å². The molecular formula is C15H19NO3. The van der Waals surface area contributed by atoms with Gasteiger partial charge >= 0.3 is 0 Å². The Morgan fingerprint density at radius 3 is 2.58 bits per heavy atom. The molecule has 1 aromatic rings. The van der Waals surface area contributed by atoms with Crippen LogP contribution in [0.4, 0.5) is 0 Å². The van der Waals surface area contributed by atoms with Crippen LogP contribution in [0, 0.1) is 23.0 Å². The predicted octanol–water partition coefficient (Wildman–Crippen LogP) is 3.11. The first-order chi connectivity index (χ1) is 9.08. The molecule has 19 heavy (non-hydrogen) atoms. The molecule has 4 nitrogen and oxygen atoms in total. The van der Waals surface area contributed by atoms with Gasteiger partial charge in [-0.2, -0.15) is 0 Å². The second kappa shape index (κ2) is 5.95. The molecular weight excluding hydrogens is 242 g/mol. The first-order valence-corrected chi connectivity index (χ1v) is 6.79. The van der Waals surface area contributed by atoms with Crippen LogP contribution in [0.3, 0.4) is 0 Å². The zero-order valence-electron chi connectivity index (χ0n) is 11.2. The molecule has 0 bridgehead atoms. The fourth-order valence-electron chi connectivity index (χ4n) is 2.87. The number of nitrogens with zero attached hydrogens (tertiary/aromatic N) is 1. The monoisotopic (exact) mass is 261 g/mol. The van der Waals surface area contributed by atoms with Crippen LogP contribution in [-0.2, 0) is 4.79 Å². The molecule has 0 unspecified atom stereocenters. The third-order valence-corrected chi connectivity index (χ3v) is 3.94. The van der Waals surface area contributed by atoms with Gasteiger partial charge in [0.1, 0.15) is 5.78 Å². The maximum absolute atomic E-state index is 12.0. The molecule has 1 saturated carbocycles. The maximum atomic E-state index is 12.0. The minimum absolute atomic E-state index is 0.153. The van der Waals surface area contributed by atoms with Gasteiger partial charge in [0.15, 0.2) is 0 Å². The lowest BCUT2D eigenvalue weighted by Gasteiger charge is -2.27. The van der Waals surface area contributed by atoms with Gasteiger partial charge in [-0.1, -0.05) is 36.2 Å². The summed E-state index contributed by atoms with van der Waals surface area (Å²) >= 11 is 0. The van der Waals surface area contributed by atoms with E-state index in [0.717, 1.165) is 30.4 Å². The van der Waals surface area contributed by atoms with Crippen LogP contribution in [-0.4, -0.2) is 17.3 Å². The summed E-state index contributed by atoms with van der Waals surface area (Å²) in [5.74, 6) is -0.260. The van der Waals surface area contributed by atoms with E-state index in [2.05, 4.69) is 0 Å². The van der Waals surface area contributed by atoms with Gasteiger partial charge in [-0.3, -0.25) is 14.9 Å². The average Bonchev–Trinajstić information content (AvgIpc) is 2.38. The molecule has 1 aliphatic rings. The highest BCUT2D eigenvalue weighted by molar-refractivity contribution is 5.82. The summed E-state index contributed by atoms with van der Waals surface area (Å²) in [5.41, 5.74) is 2.04. The third kappa shape index (κ3) is 3.40. The molecule has 2 atom stereocenters. The van der Waals surface area contributed by atoms with Crippen LogP contribution in [0.25, 0.3) is 0 Å². The highest BCUT2D eigenvalue weighted by Gasteiger charge is 2.34. The van der Waals surface area contributed by atoms with Crippen molar-refractivity contribution >= 4 is 5.78 Å². The lowest BCUT2D eigenvalue weighted by Crippen LogP contribution is -2.30. The van der Waals surface area contributed by atoms with Crippen molar-refractivity contribution in [3.8, 4) is 0 Å². The fraction of sp³-hybridized carbons (Fsp3) is 0.533. The number of Topliss-reactive ketones (excluding diaryl/α,β-unsaturated/α-hetero) is 1. The number of nitro groups is 1. The van der Waals surface area contributed by atoms with Gasteiger partial charge in [-0.15, -0.1) is 0 Å². The summed E-state index contributed by atoms with van der Waals surface area (Å²) in [4.78, 5) is 22.6. The molecule has 2 rings (SSSR count). The van der Waals surface area contributed by atoms with Crippen molar-refractivity contribution in [3.63, 3.8) is 0 Å². The van der Waals surface area contributed by atoms with E-state index in [0.29, 0.717) is 6.42 Å². The van der Waals surface area contributed by atoms with Crippen molar-refractivity contribution in [2.45, 2.75) is 38.5 Å². The van der Waals surface area contributed by atoms with Gasteiger partial charge in [-0.25, -0.2) is 0 Å². The zero-order valence-corrected chi connectivity index (χ0v) is 11.2. The second-order valence-corrected chi connectivity index (χ2v) is 5.35. The van der Waals surface area contributed by atoms with Gasteiger partial charge in [-0.05, 0) is 25.3 Å². The van der Waals surface area contributed by atoms with Crippen LogP contribution in [0.15, 0.2) is 24.3 Å². The number of hydrogen-bond acceptors (Lipinski definition) is 3. The van der Waals surface area contributed by atoms with E-state index in [1.807, 2.05) is 31.2 Å². The molecule has 0 saturated heterocycles. The van der Waals surface area contributed by atoms with E-state index < -0.39 is 0 Å². The summed E-state index contributed by atoms with van der Waals surface area (Å²) in [5, 5.41) is 10.9. The Morgan fingerprint density at radius 2 is 2.00 bits per heavy atom. The summed E-state index contributed by atoms with van der Waals surface area (Å²) < 4.78 is 0. The van der Waals surface area contributed by atoms with Crippen molar-refractivity contribution in [1.82, 2.24) is 0 Å². The third-order valence-electron chi connectivity index (χ3n) is 3.94. The number of carbonyl (C=O) groups is 1. The maximum Gasteiger partial charge on any atom is 0.211 e. The highest BCUT2D eigenvalue weighted by Crippen LogP contribution is 2.34. The van der Waals surface area contributed by atoms with Gasteiger partial charge < -0.3 is 0 Å². The van der Waals surface area contributed by atoms with Crippen molar-refractivity contribution in [2.24, 2.45) is 5.92 Å². The van der Waals surface area contributed by atoms with E-state index in [4.69, 9.17) is 0 Å². The SMILES string of the molecule is Cc1ccc([C@H](C[N+](=O)[O-])[C@@H]2CCCCC2=O)cc1. The summed E-state index contributed by atoms with van der Waals surface area (Å²) in [6.45, 7) is 1.83. The molecule has 4 heteroatoms. The Labute approximate surface area is 113 Å². The van der Waals surface area contributed by atoms with E-state index in [1.54, 1.807) is 0 Å². The molecule has 0 spiro atoms. The minimum atomic E-state index is -0.299. The van der Waals surface area contributed by atoms with Gasteiger partial charge in [0.05, 0.1) is 5.92 Å². The number of ketones is 1. The number of rotatable bonds is 4. The van der Waals surface area contributed by atoms with E-state index in [1.165, 1.54) is 0 Å². The quantitative estimate of drug-likeness (QED) is 0.618. The molecule has 102 valence electrons. The number of benzene rings is 1. The number of carbonyl (C=O) groups excluding carboxylic acids is 1. The lowest BCUT2D eigenvalue weighted by atomic mass is 9.76. The van der Waals surface area contributed by atoms with Crippen molar-refractivity contribution in [1.29, 1.82) is 0 Å². The molecule has 0 aliphatic heterocycles. The highest BCUT2D eigenvalue weighted by atomic mass is 16.6. The summed E-state index contributed by atoms with van der Waals surface area (Å²) in [6.07, 6.45) is 3.28. The molecule has 0 N–H and O–H groups in total. The largest absolute Gasteiger partial charge is 0.299 e. The van der Waals surface area contributed by atoms with Crippen molar-refractivity contribution in [3.05, 3.63) is 45.5 Å². The zero-order chi connectivity index (χ0) is 13.8. The molecule has 1 aliphatic carbocycles. The molecule has 1 fully saturated rings. The molecule has 1 aromatic carbocycles. The summed E-state index contributed by atoms with van der Waals surface area (Å²) in [7, 11) is 0. The normalized spacial score (nSPS) is 21.1. The van der Waals surface area contributed by atoms with Gasteiger partial charge in [0.2, 0.25) is 6.54 Å². The van der Waals surface area contributed by atoms with Crippen LogP contribution in [0.1, 0.15) is 42.7 Å². The predicted molar refractivity (Wildman–Crippen MR) is 72.7 cm³/mol. The van der Waals surface area contributed by atoms with Crippen LogP contribution >= 0.6 is 0 Å². The molecule has 0 radical (unpaired) electrons. The standard InChI is InChI=1S/C15H19NO3/c1-11-6-8-12(9-7-11)14(10-16(18)19)13-4-2-3-5-15(13)17/h6-9,13-14H,2-5,10H2,1H3/t13-,14-/m0/s1. The average molecular weight is 261 g/mol. The lowest BCUT2D eigenvalue weighted by molar-refractivity contribution is -0.484. The summed E-state index contributed by atoms with van der Waals surface area (Å²) in [6, 6.07) is 7.75. The fourth-order valence-corrected chi connectivity index (χ4v) is 2.87. The topological polar surface area (TPSA) is 60.2 Å². The first kappa shape index (κ1) is 13.7. The smallest absolute Gasteiger partial charge is 0.211 e. The Bertz CT molecular complexity index is 467. The van der Waals surface area contributed by atoms with Crippen molar-refractivity contribution < 1.29 is 9.72 Å². The molecule has 0 amide bonds. The Hall–Kier alpha value is -1.71. The number of hydrogen-bond donors (Lipinski definition) is 0. The Morgan fingerprint density at radius 1 is 1.32 bits per heavy atom. The Balaban J connectivity index is 2.26. The number of aryl methyl sites for hydroxylation is 1.